The molecular formula is C19H23F3N4O. The van der Waals surface area contributed by atoms with Crippen LogP contribution in [0.25, 0.3) is 5.65 Å². The average molecular weight is 380 g/mol. The molecule has 2 aromatic rings. The summed E-state index contributed by atoms with van der Waals surface area (Å²) < 4.78 is 41.5. The Hall–Kier alpha value is -2.12. The molecule has 146 valence electrons. The van der Waals surface area contributed by atoms with E-state index in [9.17, 15) is 18.0 Å². The Bertz CT molecular complexity index is 854. The van der Waals surface area contributed by atoms with Crippen LogP contribution in [0.15, 0.2) is 12.1 Å². The van der Waals surface area contributed by atoms with Crippen LogP contribution in [-0.2, 0) is 11.0 Å². The smallest absolute Gasteiger partial charge is 0.342 e. The van der Waals surface area contributed by atoms with E-state index < -0.39 is 11.9 Å². The number of likely N-dealkylation sites (tertiary alicyclic amines) is 1. The fraction of sp³-hybridized carbons (Fsp3) is 0.632. The van der Waals surface area contributed by atoms with Gasteiger partial charge in [-0.2, -0.15) is 18.3 Å². The summed E-state index contributed by atoms with van der Waals surface area (Å²) >= 11 is 0. The summed E-state index contributed by atoms with van der Waals surface area (Å²) in [7, 11) is 0. The van der Waals surface area contributed by atoms with E-state index in [4.69, 9.17) is 0 Å². The molecule has 0 bridgehead atoms. The quantitative estimate of drug-likeness (QED) is 0.793. The van der Waals surface area contributed by atoms with E-state index in [1.54, 1.807) is 13.0 Å². The molecule has 2 aromatic heterocycles. The standard InChI is InChI=1S/C19H23F3N4O/c1-12-9-17-23-15(10-16(19(20,21)22)26(17)24-12)14-7-4-8-25(11-14)18(27)13-5-2-3-6-13/h9-10,13-14H,2-8,11H2,1H3/t14-/m1/s1. The van der Waals surface area contributed by atoms with Crippen molar-refractivity contribution in [2.75, 3.05) is 13.1 Å². The predicted molar refractivity (Wildman–Crippen MR) is 93.2 cm³/mol. The zero-order valence-corrected chi connectivity index (χ0v) is 15.3. The van der Waals surface area contributed by atoms with Crippen molar-refractivity contribution < 1.29 is 18.0 Å². The van der Waals surface area contributed by atoms with Gasteiger partial charge < -0.3 is 4.90 Å². The van der Waals surface area contributed by atoms with Crippen molar-refractivity contribution in [2.24, 2.45) is 5.92 Å². The lowest BCUT2D eigenvalue weighted by atomic mass is 9.92. The molecule has 3 heterocycles. The highest BCUT2D eigenvalue weighted by Crippen LogP contribution is 2.35. The van der Waals surface area contributed by atoms with E-state index in [2.05, 4.69) is 10.1 Å². The van der Waals surface area contributed by atoms with Crippen LogP contribution in [0.1, 0.15) is 61.5 Å². The van der Waals surface area contributed by atoms with Crippen molar-refractivity contribution in [1.82, 2.24) is 19.5 Å². The Morgan fingerprint density at radius 2 is 1.89 bits per heavy atom. The number of fused-ring (bicyclic) bond motifs is 1. The summed E-state index contributed by atoms with van der Waals surface area (Å²) in [6.45, 7) is 2.78. The summed E-state index contributed by atoms with van der Waals surface area (Å²) in [6, 6.07) is 2.66. The fourth-order valence-electron chi connectivity index (χ4n) is 4.37. The summed E-state index contributed by atoms with van der Waals surface area (Å²) in [4.78, 5) is 19.0. The van der Waals surface area contributed by atoms with Gasteiger partial charge in [0.05, 0.1) is 5.69 Å². The Morgan fingerprint density at radius 3 is 2.59 bits per heavy atom. The van der Waals surface area contributed by atoms with E-state index >= 15 is 0 Å². The zero-order valence-electron chi connectivity index (χ0n) is 15.3. The van der Waals surface area contributed by atoms with Gasteiger partial charge in [0.15, 0.2) is 5.65 Å². The minimum atomic E-state index is -4.51. The van der Waals surface area contributed by atoms with Gasteiger partial charge in [0, 0.05) is 36.7 Å². The van der Waals surface area contributed by atoms with Gasteiger partial charge in [-0.15, -0.1) is 0 Å². The molecule has 0 unspecified atom stereocenters. The second-order valence-electron chi connectivity index (χ2n) is 7.72. The predicted octanol–water partition coefficient (Wildman–Crippen LogP) is 3.95. The molecule has 1 saturated carbocycles. The molecule has 0 aromatic carbocycles. The lowest BCUT2D eigenvalue weighted by Crippen LogP contribution is -2.42. The van der Waals surface area contributed by atoms with E-state index in [0.29, 0.717) is 24.5 Å². The number of halogens is 3. The van der Waals surface area contributed by atoms with Crippen LogP contribution in [0.2, 0.25) is 0 Å². The minimum Gasteiger partial charge on any atom is -0.342 e. The molecule has 0 spiro atoms. The molecule has 1 atom stereocenters. The minimum absolute atomic E-state index is 0.0856. The maximum absolute atomic E-state index is 13.5. The monoisotopic (exact) mass is 380 g/mol. The van der Waals surface area contributed by atoms with Gasteiger partial charge in [0.25, 0.3) is 0 Å². The van der Waals surface area contributed by atoms with Crippen molar-refractivity contribution in [1.29, 1.82) is 0 Å². The highest BCUT2D eigenvalue weighted by molar-refractivity contribution is 5.79. The maximum atomic E-state index is 13.5. The summed E-state index contributed by atoms with van der Waals surface area (Å²) in [5, 5.41) is 3.93. The molecule has 2 fully saturated rings. The van der Waals surface area contributed by atoms with Crippen LogP contribution in [0, 0.1) is 12.8 Å². The number of aromatic nitrogens is 3. The molecule has 2 aliphatic rings. The molecule has 8 heteroatoms. The summed E-state index contributed by atoms with van der Waals surface area (Å²) in [5.41, 5.74) is 0.289. The van der Waals surface area contributed by atoms with E-state index in [1.165, 1.54) is 0 Å². The van der Waals surface area contributed by atoms with E-state index in [0.717, 1.165) is 49.1 Å². The highest BCUT2D eigenvalue weighted by Gasteiger charge is 2.37. The number of hydrogen-bond acceptors (Lipinski definition) is 3. The molecule has 1 amide bonds. The van der Waals surface area contributed by atoms with Gasteiger partial charge in [0.1, 0.15) is 5.69 Å². The Morgan fingerprint density at radius 1 is 1.15 bits per heavy atom. The van der Waals surface area contributed by atoms with Gasteiger partial charge in [-0.1, -0.05) is 12.8 Å². The van der Waals surface area contributed by atoms with Crippen LogP contribution in [0.3, 0.4) is 0 Å². The summed E-state index contributed by atoms with van der Waals surface area (Å²) in [6.07, 6.45) is 1.04. The summed E-state index contributed by atoms with van der Waals surface area (Å²) in [5.74, 6) is 0.0716. The molecule has 4 rings (SSSR count). The number of hydrogen-bond donors (Lipinski definition) is 0. The van der Waals surface area contributed by atoms with Crippen LogP contribution in [-0.4, -0.2) is 38.5 Å². The second-order valence-corrected chi connectivity index (χ2v) is 7.72. The molecular weight excluding hydrogens is 357 g/mol. The molecule has 0 radical (unpaired) electrons. The van der Waals surface area contributed by atoms with Gasteiger partial charge >= 0.3 is 6.18 Å². The third-order valence-corrected chi connectivity index (χ3v) is 5.72. The fourth-order valence-corrected chi connectivity index (χ4v) is 4.37. The molecule has 27 heavy (non-hydrogen) atoms. The first-order valence-corrected chi connectivity index (χ1v) is 9.56. The van der Waals surface area contributed by atoms with Gasteiger partial charge in [-0.25, -0.2) is 9.50 Å². The lowest BCUT2D eigenvalue weighted by Gasteiger charge is -2.34. The first kappa shape index (κ1) is 18.3. The van der Waals surface area contributed by atoms with Crippen LogP contribution < -0.4 is 0 Å². The number of alkyl halides is 3. The number of piperidine rings is 1. The SMILES string of the molecule is Cc1cc2nc([C@@H]3CCCN(C(=O)C4CCCC4)C3)cc(C(F)(F)F)n2n1. The maximum Gasteiger partial charge on any atom is 0.433 e. The number of amides is 1. The van der Waals surface area contributed by atoms with Crippen molar-refractivity contribution in [2.45, 2.75) is 57.5 Å². The van der Waals surface area contributed by atoms with Crippen LogP contribution in [0.4, 0.5) is 13.2 Å². The highest BCUT2D eigenvalue weighted by atomic mass is 19.4. The van der Waals surface area contributed by atoms with Crippen molar-refractivity contribution in [3.05, 3.63) is 29.2 Å². The topological polar surface area (TPSA) is 50.5 Å². The second kappa shape index (κ2) is 6.80. The first-order chi connectivity index (χ1) is 12.8. The lowest BCUT2D eigenvalue weighted by molar-refractivity contribution is -0.143. The van der Waals surface area contributed by atoms with Crippen LogP contribution in [0.5, 0.6) is 0 Å². The first-order valence-electron chi connectivity index (χ1n) is 9.56. The van der Waals surface area contributed by atoms with Crippen molar-refractivity contribution in [3.63, 3.8) is 0 Å². The third kappa shape index (κ3) is 3.53. The number of aryl methyl sites for hydroxylation is 1. The molecule has 1 aliphatic carbocycles. The Labute approximate surface area is 155 Å². The number of rotatable bonds is 2. The van der Waals surface area contributed by atoms with Crippen molar-refractivity contribution in [3.8, 4) is 0 Å². The van der Waals surface area contributed by atoms with Crippen LogP contribution >= 0.6 is 0 Å². The zero-order chi connectivity index (χ0) is 19.2. The molecule has 1 aliphatic heterocycles. The van der Waals surface area contributed by atoms with E-state index in [1.807, 2.05) is 4.90 Å². The third-order valence-electron chi connectivity index (χ3n) is 5.72. The normalized spacial score (nSPS) is 21.9. The Balaban J connectivity index is 1.64. The van der Waals surface area contributed by atoms with Gasteiger partial charge in [-0.05, 0) is 38.7 Å². The molecule has 5 nitrogen and oxygen atoms in total. The Kier molecular flexibility index (Phi) is 4.60. The number of nitrogens with zero attached hydrogens (tertiary/aromatic N) is 4. The molecule has 0 N–H and O–H groups in total. The molecule has 1 saturated heterocycles. The van der Waals surface area contributed by atoms with Crippen molar-refractivity contribution >= 4 is 11.6 Å². The number of carbonyl (C=O) groups excluding carboxylic acids is 1. The van der Waals surface area contributed by atoms with Gasteiger partial charge in [0.2, 0.25) is 5.91 Å². The average Bonchev–Trinajstić information content (AvgIpc) is 3.28. The largest absolute Gasteiger partial charge is 0.433 e. The number of carbonyl (C=O) groups is 1. The van der Waals surface area contributed by atoms with E-state index in [-0.39, 0.29) is 23.4 Å². The van der Waals surface area contributed by atoms with Gasteiger partial charge in [-0.3, -0.25) is 4.79 Å².